The Morgan fingerprint density at radius 3 is 1.22 bits per heavy atom. The van der Waals surface area contributed by atoms with Gasteiger partial charge in [0.15, 0.2) is 18.7 Å². The molecule has 0 bridgehead atoms. The second kappa shape index (κ2) is 59.7. The molecule has 2 fully saturated rings. The van der Waals surface area contributed by atoms with Crippen molar-refractivity contribution in [3.8, 4) is 0 Å². The Hall–Kier alpha value is -2.37. The molecule has 2 saturated heterocycles. The van der Waals surface area contributed by atoms with Crippen LogP contribution < -0.4 is 10.6 Å². The molecule has 0 saturated carbocycles. The molecule has 100 heavy (non-hydrogen) atoms. The van der Waals surface area contributed by atoms with E-state index in [9.17, 15) is 64.2 Å². The summed E-state index contributed by atoms with van der Waals surface area (Å²) in [7, 11) is -5.52. The maximum absolute atomic E-state index is 14.2. The van der Waals surface area contributed by atoms with Crippen molar-refractivity contribution in [1.82, 2.24) is 10.6 Å². The predicted molar refractivity (Wildman–Crippen MR) is 394 cm³/mol. The third-order valence-corrected chi connectivity index (χ3v) is 20.4. The standard InChI is InChI=1S/C78H149N2O19P/c1-7-9-11-13-15-17-19-20-22-30-36-42-48-54-69(86)95-64(53-47-41-35-29-24-26-32-38-44-50-61(5)6)57-68(85)79-71-75(90)73(88)65(58-81)96-77(71)94-59-66-74(89)76(98-70(87)56-63(83)52-46-40-34-27-21-18-16-14-12-10-8-2)72(78(97-66)99-100(91,92)93)80-67(84)55-62(82)51-45-39-33-28-23-25-31-37-43-49-60(3)4/h60-66,71-78,81-83,88-90H,7-59H2,1-6H3,(H,79,85)(H,80,84)(H2,91,92,93)/t62-,63-,64+,65-,66+,71+,72-,73+,74+,75+,76-,77+,78+/m0/s1. The van der Waals surface area contributed by atoms with Crippen LogP contribution in [0.3, 0.4) is 0 Å². The fourth-order valence-corrected chi connectivity index (χ4v) is 14.2. The molecule has 2 amide bonds. The highest BCUT2D eigenvalue weighted by Gasteiger charge is 2.52. The first-order valence-electron chi connectivity index (χ1n) is 40.7. The molecular weight excluding hydrogens is 1300 g/mol. The average Bonchev–Trinajstić information content (AvgIpc) is 0.790. The topological polar surface area (TPSA) is 327 Å². The molecule has 2 heterocycles. The van der Waals surface area contributed by atoms with Crippen LogP contribution in [-0.2, 0) is 52.0 Å². The molecule has 22 heteroatoms. The van der Waals surface area contributed by atoms with Gasteiger partial charge in [-0.2, -0.15) is 0 Å². The summed E-state index contributed by atoms with van der Waals surface area (Å²) in [5, 5.41) is 72.5. The van der Waals surface area contributed by atoms with Crippen molar-refractivity contribution in [2.24, 2.45) is 11.8 Å². The molecule has 0 aromatic heterocycles. The SMILES string of the molecule is CCCCCCCCCCCCCCCC(=O)O[C@H](CCCCCCCCCCCC(C)C)CC(=O)N[C@H]1[C@H](OC[C@H]2O[C@H](OP(=O)(O)O)[C@@H](NC(=O)C[C@@H](O)CCCCCCCCCCCC(C)C)[C@H](OC(=O)C[C@@H](O)CCCCCCCCCCCCC)[C@@H]2O)O[C@@H](CO)[C@@H](O)[C@@H]1O. The van der Waals surface area contributed by atoms with Crippen molar-refractivity contribution < 1.29 is 92.4 Å². The van der Waals surface area contributed by atoms with E-state index >= 15 is 0 Å². The maximum atomic E-state index is 14.2. The first-order valence-corrected chi connectivity index (χ1v) is 42.3. The second-order valence-electron chi connectivity index (χ2n) is 30.5. The number of amides is 2. The molecule has 2 aliphatic rings. The summed E-state index contributed by atoms with van der Waals surface area (Å²) in [5.41, 5.74) is 0. The van der Waals surface area contributed by atoms with Crippen LogP contribution >= 0.6 is 7.82 Å². The van der Waals surface area contributed by atoms with Crippen LogP contribution in [0.4, 0.5) is 0 Å². The van der Waals surface area contributed by atoms with Crippen molar-refractivity contribution in [2.45, 2.75) is 449 Å². The molecule has 0 aliphatic carbocycles. The molecule has 0 spiro atoms. The van der Waals surface area contributed by atoms with E-state index in [2.05, 4.69) is 52.2 Å². The normalized spacial score (nSPS) is 22.1. The first kappa shape index (κ1) is 93.7. The summed E-state index contributed by atoms with van der Waals surface area (Å²) in [6.07, 6.45) is 30.8. The summed E-state index contributed by atoms with van der Waals surface area (Å²) in [6, 6.07) is -3.38. The molecule has 21 nitrogen and oxygen atoms in total. The fourth-order valence-electron chi connectivity index (χ4n) is 13.8. The van der Waals surface area contributed by atoms with Crippen LogP contribution in [0.15, 0.2) is 0 Å². The number of phosphoric ester groups is 1. The van der Waals surface area contributed by atoms with Gasteiger partial charge >= 0.3 is 19.8 Å². The summed E-state index contributed by atoms with van der Waals surface area (Å²) < 4.78 is 47.6. The van der Waals surface area contributed by atoms with Crippen LogP contribution in [-0.4, -0.2) is 157 Å². The summed E-state index contributed by atoms with van der Waals surface area (Å²) in [5.74, 6) is -1.55. The number of aliphatic hydroxyl groups is 6. The van der Waals surface area contributed by atoms with E-state index in [4.69, 9.17) is 28.2 Å². The molecule has 2 rings (SSSR count). The van der Waals surface area contributed by atoms with E-state index in [1.165, 1.54) is 161 Å². The van der Waals surface area contributed by atoms with Crippen molar-refractivity contribution in [3.63, 3.8) is 0 Å². The minimum atomic E-state index is -5.52. The van der Waals surface area contributed by atoms with Gasteiger partial charge in [0.05, 0.1) is 44.7 Å². The Morgan fingerprint density at radius 1 is 0.430 bits per heavy atom. The zero-order valence-corrected chi connectivity index (χ0v) is 64.5. The quantitative estimate of drug-likeness (QED) is 0.0154. The van der Waals surface area contributed by atoms with Gasteiger partial charge in [-0.25, -0.2) is 4.57 Å². The molecule has 0 aromatic carbocycles. The molecule has 0 unspecified atom stereocenters. The number of hydrogen-bond acceptors (Lipinski definition) is 17. The highest BCUT2D eigenvalue weighted by molar-refractivity contribution is 7.46. The Labute approximate surface area is 605 Å². The van der Waals surface area contributed by atoms with Gasteiger partial charge in [-0.1, -0.05) is 311 Å². The Kier molecular flexibility index (Phi) is 56.0. The van der Waals surface area contributed by atoms with Gasteiger partial charge in [-0.3, -0.25) is 23.7 Å². The number of phosphoric acid groups is 1. The highest BCUT2D eigenvalue weighted by atomic mass is 31.2. The lowest BCUT2D eigenvalue weighted by atomic mass is 9.95. The predicted octanol–water partition coefficient (Wildman–Crippen LogP) is 15.4. The number of ether oxygens (including phenoxy) is 5. The lowest BCUT2D eigenvalue weighted by Crippen LogP contribution is -2.67. The average molecular weight is 1450 g/mol. The molecule has 2 aliphatic heterocycles. The molecule has 10 N–H and O–H groups in total. The monoisotopic (exact) mass is 1450 g/mol. The maximum Gasteiger partial charge on any atom is 0.472 e. The molecule has 13 atom stereocenters. The van der Waals surface area contributed by atoms with Crippen molar-refractivity contribution >= 4 is 31.6 Å². The molecular formula is C78H149N2O19P. The zero-order chi connectivity index (χ0) is 73.6. The van der Waals surface area contributed by atoms with Gasteiger partial charge in [0.1, 0.15) is 48.7 Å². The minimum absolute atomic E-state index is 0.193. The summed E-state index contributed by atoms with van der Waals surface area (Å²) in [6.45, 7) is 11.8. The fraction of sp³-hybridized carbons (Fsp3) is 0.949. The smallest absolute Gasteiger partial charge is 0.462 e. The van der Waals surface area contributed by atoms with E-state index in [-0.39, 0.29) is 25.7 Å². The van der Waals surface area contributed by atoms with Gasteiger partial charge in [0, 0.05) is 6.42 Å². The highest BCUT2D eigenvalue weighted by Crippen LogP contribution is 2.42. The van der Waals surface area contributed by atoms with Crippen molar-refractivity contribution in [3.05, 3.63) is 0 Å². The third kappa shape index (κ3) is 48.0. The number of esters is 2. The van der Waals surface area contributed by atoms with E-state index in [1.807, 2.05) is 0 Å². The van der Waals surface area contributed by atoms with Crippen LogP contribution in [0.5, 0.6) is 0 Å². The van der Waals surface area contributed by atoms with Crippen molar-refractivity contribution in [1.29, 1.82) is 0 Å². The number of carbonyl (C=O) groups excluding carboxylic acids is 4. The van der Waals surface area contributed by atoms with Crippen LogP contribution in [0.25, 0.3) is 0 Å². The van der Waals surface area contributed by atoms with E-state index in [1.54, 1.807) is 0 Å². The lowest BCUT2D eigenvalue weighted by Gasteiger charge is -2.45. The van der Waals surface area contributed by atoms with Gasteiger partial charge in [-0.15, -0.1) is 0 Å². The van der Waals surface area contributed by atoms with Crippen LogP contribution in [0, 0.1) is 11.8 Å². The Morgan fingerprint density at radius 2 is 0.800 bits per heavy atom. The number of hydrogen-bond donors (Lipinski definition) is 10. The Bertz CT molecular complexity index is 2060. The van der Waals surface area contributed by atoms with E-state index in [0.29, 0.717) is 43.9 Å². The number of rotatable bonds is 66. The van der Waals surface area contributed by atoms with E-state index < -0.39 is 137 Å². The zero-order valence-electron chi connectivity index (χ0n) is 63.7. The largest absolute Gasteiger partial charge is 0.472 e. The molecule has 0 aromatic rings. The number of unbranched alkanes of at least 4 members (excludes halogenated alkanes) is 38. The van der Waals surface area contributed by atoms with E-state index in [0.717, 1.165) is 96.3 Å². The number of aliphatic hydroxyl groups excluding tert-OH is 6. The lowest BCUT2D eigenvalue weighted by molar-refractivity contribution is -0.297. The van der Waals surface area contributed by atoms with Gasteiger partial charge in [-0.05, 0) is 43.9 Å². The van der Waals surface area contributed by atoms with Crippen LogP contribution in [0.2, 0.25) is 0 Å². The minimum Gasteiger partial charge on any atom is -0.462 e. The second-order valence-corrected chi connectivity index (χ2v) is 31.7. The molecule has 0 radical (unpaired) electrons. The number of nitrogens with one attached hydrogen (secondary N) is 2. The first-order chi connectivity index (χ1) is 48.1. The molecule has 590 valence electrons. The summed E-state index contributed by atoms with van der Waals surface area (Å²) in [4.78, 5) is 75.7. The van der Waals surface area contributed by atoms with Crippen molar-refractivity contribution in [2.75, 3.05) is 13.2 Å². The number of carbonyl (C=O) groups is 4. The van der Waals surface area contributed by atoms with Crippen LogP contribution in [0.1, 0.15) is 369 Å². The summed E-state index contributed by atoms with van der Waals surface area (Å²) >= 11 is 0. The van der Waals surface area contributed by atoms with Gasteiger partial charge in [0.25, 0.3) is 0 Å². The third-order valence-electron chi connectivity index (χ3n) is 19.9. The van der Waals surface area contributed by atoms with Gasteiger partial charge in [0.2, 0.25) is 11.8 Å². The Balaban J connectivity index is 2.29. The van der Waals surface area contributed by atoms with Gasteiger partial charge < -0.3 is 74.7 Å².